The van der Waals surface area contributed by atoms with Crippen molar-refractivity contribution in [2.45, 2.75) is 103 Å². The van der Waals surface area contributed by atoms with Crippen molar-refractivity contribution in [1.29, 1.82) is 0 Å². The summed E-state index contributed by atoms with van der Waals surface area (Å²) in [5, 5.41) is 0. The Morgan fingerprint density at radius 2 is 1.30 bits per heavy atom. The molecule has 0 fully saturated rings. The highest BCUT2D eigenvalue weighted by molar-refractivity contribution is 7.52. The van der Waals surface area contributed by atoms with E-state index in [4.69, 9.17) is 0 Å². The van der Waals surface area contributed by atoms with Gasteiger partial charge in [0.1, 0.15) is 0 Å². The highest BCUT2D eigenvalue weighted by Gasteiger charge is 2.32. The Hall–Kier alpha value is 0.860. The minimum absolute atomic E-state index is 0.565. The molecule has 0 heterocycles. The lowest BCUT2D eigenvalue weighted by Crippen LogP contribution is -2.27. The predicted octanol–water partition coefficient (Wildman–Crippen LogP) is 7.22. The van der Waals surface area contributed by atoms with Gasteiger partial charge in [-0.1, -0.05) is 72.6 Å². The zero-order valence-electron chi connectivity index (χ0n) is 14.6. The molecule has 0 aromatic rings. The van der Waals surface area contributed by atoms with Gasteiger partial charge < -0.3 is 0 Å². The lowest BCUT2D eigenvalue weighted by Gasteiger charge is -2.38. The largest absolute Gasteiger partial charge is 0.126 e. The van der Waals surface area contributed by atoms with E-state index < -0.39 is 0 Å². The van der Waals surface area contributed by atoms with Gasteiger partial charge in [0.05, 0.1) is 0 Å². The molecular weight excluding hydrogens is 278 g/mol. The quantitative estimate of drug-likeness (QED) is 0.234. The molecule has 0 nitrogen and oxygen atoms in total. The van der Waals surface area contributed by atoms with Gasteiger partial charge in [-0.3, -0.25) is 0 Å². The van der Waals surface area contributed by atoms with Crippen molar-refractivity contribution < 1.29 is 0 Å². The molecule has 0 aromatic heterocycles. The molecule has 20 heavy (non-hydrogen) atoms. The Labute approximate surface area is 133 Å². The Morgan fingerprint density at radius 3 is 1.75 bits per heavy atom. The van der Waals surface area contributed by atoms with Gasteiger partial charge in [-0.05, 0) is 37.8 Å². The maximum atomic E-state index is 3.35. The number of unbranched alkanes of at least 4 members (excludes halogenated alkanes) is 4. The molecule has 0 bridgehead atoms. The maximum Gasteiger partial charge on any atom is 0.00493 e. The van der Waals surface area contributed by atoms with Crippen LogP contribution in [-0.4, -0.2) is 11.1 Å². The smallest absolute Gasteiger partial charge is 0.00493 e. The lowest BCUT2D eigenvalue weighted by atomic mass is 9.89. The maximum absolute atomic E-state index is 3.35. The topological polar surface area (TPSA) is 0 Å². The van der Waals surface area contributed by atoms with Gasteiger partial charge in [-0.15, -0.1) is 17.8 Å². The summed E-state index contributed by atoms with van der Waals surface area (Å²) in [6, 6.07) is 0. The molecule has 0 saturated heterocycles. The average molecular weight is 318 g/mol. The predicted molar refractivity (Wildman–Crippen MR) is 103 cm³/mol. The summed E-state index contributed by atoms with van der Waals surface area (Å²) in [6.07, 6.45) is 16.9. The second-order valence-electron chi connectivity index (χ2n) is 6.41. The summed E-state index contributed by atoms with van der Waals surface area (Å²) >= 11 is 0. The van der Waals surface area contributed by atoms with E-state index in [-0.39, 0.29) is 0 Å². The molecule has 0 aliphatic rings. The van der Waals surface area contributed by atoms with Gasteiger partial charge in [0, 0.05) is 4.90 Å². The molecule has 3 unspecified atom stereocenters. The van der Waals surface area contributed by atoms with E-state index in [1.54, 1.807) is 0 Å². The van der Waals surface area contributed by atoms with Crippen LogP contribution in [-0.2, 0) is 0 Å². The molecule has 0 aliphatic carbocycles. The van der Waals surface area contributed by atoms with Gasteiger partial charge >= 0.3 is 0 Å². The van der Waals surface area contributed by atoms with Crippen molar-refractivity contribution in [3.05, 3.63) is 0 Å². The van der Waals surface area contributed by atoms with Crippen LogP contribution in [0, 0.1) is 5.92 Å². The number of hydrogen-bond acceptors (Lipinski definition) is 0. The number of hydrogen-bond donors (Lipinski definition) is 0. The Balaban J connectivity index is 4.65. The first-order valence-electron chi connectivity index (χ1n) is 9.18. The summed E-state index contributed by atoms with van der Waals surface area (Å²) < 4.78 is 0. The van der Waals surface area contributed by atoms with E-state index in [0.717, 1.165) is 14.5 Å². The van der Waals surface area contributed by atoms with Crippen LogP contribution in [0.5, 0.6) is 0 Å². The van der Waals surface area contributed by atoms with E-state index in [2.05, 4.69) is 36.9 Å². The van der Waals surface area contributed by atoms with Gasteiger partial charge in [0.25, 0.3) is 0 Å². The molecule has 0 rings (SSSR count). The molecular formula is C18H40P2. The summed E-state index contributed by atoms with van der Waals surface area (Å²) in [5.41, 5.74) is 0. The molecule has 0 N–H and O–H groups in total. The highest BCUT2D eigenvalue weighted by atomic mass is 31.1. The van der Waals surface area contributed by atoms with E-state index in [0.29, 0.717) is 4.90 Å². The van der Waals surface area contributed by atoms with Crippen molar-refractivity contribution >= 4 is 17.8 Å². The van der Waals surface area contributed by atoms with Crippen molar-refractivity contribution in [1.82, 2.24) is 0 Å². The van der Waals surface area contributed by atoms with Crippen molar-refractivity contribution in [3.63, 3.8) is 0 Å². The SMILES string of the molecule is CCCCPC(P)(CCCC)C(CCCC)CCCC. The fraction of sp³-hybridized carbons (Fsp3) is 1.00. The standard InChI is InChI=1S/C18H40P2/c1-5-9-13-17(14-10-6-2)18(19,15-11-7-3)20-16-12-8-4/h17,20H,5-16,19H2,1-4H3. The molecule has 0 aliphatic heterocycles. The molecule has 0 saturated carbocycles. The second kappa shape index (κ2) is 13.5. The van der Waals surface area contributed by atoms with Gasteiger partial charge in [-0.25, -0.2) is 0 Å². The minimum Gasteiger partial charge on any atom is -0.126 e. The first-order valence-corrected chi connectivity index (χ1v) is 11.0. The first-order chi connectivity index (χ1) is 9.64. The molecule has 0 amide bonds. The van der Waals surface area contributed by atoms with Crippen LogP contribution in [0.2, 0.25) is 0 Å². The zero-order chi connectivity index (χ0) is 15.3. The Kier molecular flexibility index (Phi) is 14.1. The van der Waals surface area contributed by atoms with E-state index in [1.165, 1.54) is 76.8 Å². The summed E-state index contributed by atoms with van der Waals surface area (Å²) in [4.78, 5) is 0.565. The van der Waals surface area contributed by atoms with E-state index in [1.807, 2.05) is 0 Å². The van der Waals surface area contributed by atoms with Crippen molar-refractivity contribution in [2.24, 2.45) is 5.92 Å². The third-order valence-corrected chi connectivity index (χ3v) is 7.76. The van der Waals surface area contributed by atoms with E-state index >= 15 is 0 Å². The molecule has 3 atom stereocenters. The van der Waals surface area contributed by atoms with Gasteiger partial charge in [-0.2, -0.15) is 0 Å². The number of rotatable bonds is 14. The average Bonchev–Trinajstić information content (AvgIpc) is 2.45. The molecule has 2 heteroatoms. The van der Waals surface area contributed by atoms with Gasteiger partial charge in [0.2, 0.25) is 0 Å². The zero-order valence-corrected chi connectivity index (χ0v) is 16.8. The normalized spacial score (nSPS) is 15.3. The van der Waals surface area contributed by atoms with Crippen LogP contribution < -0.4 is 0 Å². The lowest BCUT2D eigenvalue weighted by molar-refractivity contribution is 0.365. The van der Waals surface area contributed by atoms with Crippen LogP contribution in [0.15, 0.2) is 0 Å². The molecule has 0 radical (unpaired) electrons. The summed E-state index contributed by atoms with van der Waals surface area (Å²) in [6.45, 7) is 9.35. The van der Waals surface area contributed by atoms with Crippen molar-refractivity contribution in [2.75, 3.05) is 6.16 Å². The van der Waals surface area contributed by atoms with Crippen LogP contribution in [0.3, 0.4) is 0 Å². The molecule has 122 valence electrons. The second-order valence-corrected chi connectivity index (χ2v) is 9.80. The Morgan fingerprint density at radius 1 is 0.800 bits per heavy atom. The van der Waals surface area contributed by atoms with Crippen LogP contribution >= 0.6 is 17.8 Å². The fourth-order valence-corrected chi connectivity index (χ4v) is 5.86. The van der Waals surface area contributed by atoms with Crippen LogP contribution in [0.1, 0.15) is 98.3 Å². The monoisotopic (exact) mass is 318 g/mol. The molecule has 0 spiro atoms. The Bertz CT molecular complexity index is 198. The summed E-state index contributed by atoms with van der Waals surface area (Å²) in [5.74, 6) is 0.953. The first kappa shape index (κ1) is 20.9. The minimum atomic E-state index is 0.565. The summed E-state index contributed by atoms with van der Waals surface area (Å²) in [7, 11) is 4.51. The highest BCUT2D eigenvalue weighted by Crippen LogP contribution is 2.51. The fourth-order valence-electron chi connectivity index (χ4n) is 2.96. The van der Waals surface area contributed by atoms with Crippen LogP contribution in [0.25, 0.3) is 0 Å². The molecule has 0 aromatic carbocycles. The van der Waals surface area contributed by atoms with Crippen LogP contribution in [0.4, 0.5) is 0 Å². The third kappa shape index (κ3) is 9.00. The third-order valence-electron chi connectivity index (χ3n) is 4.47. The van der Waals surface area contributed by atoms with E-state index in [9.17, 15) is 0 Å². The van der Waals surface area contributed by atoms with Crippen molar-refractivity contribution in [3.8, 4) is 0 Å². The van der Waals surface area contributed by atoms with Gasteiger partial charge in [0.15, 0.2) is 0 Å².